The molecule has 2 N–H and O–H groups in total. The lowest BCUT2D eigenvalue weighted by molar-refractivity contribution is 0.486. The molecule has 0 aliphatic heterocycles. The maximum absolute atomic E-state index is 11.6. The summed E-state index contributed by atoms with van der Waals surface area (Å²) in [5.41, 5.74) is 0.774. The summed E-state index contributed by atoms with van der Waals surface area (Å²) >= 11 is 3.43. The molecule has 0 amide bonds. The van der Waals surface area contributed by atoms with Crippen LogP contribution >= 0.6 is 15.9 Å². The van der Waals surface area contributed by atoms with Crippen LogP contribution in [0.1, 0.15) is 13.8 Å². The van der Waals surface area contributed by atoms with Gasteiger partial charge in [-0.3, -0.25) is 4.57 Å². The van der Waals surface area contributed by atoms with E-state index in [9.17, 15) is 8.42 Å². The zero-order valence-corrected chi connectivity index (χ0v) is 13.5. The van der Waals surface area contributed by atoms with E-state index in [4.69, 9.17) is 5.14 Å². The largest absolute Gasteiger partial charge is 0.296 e. The number of hydrogen-bond donors (Lipinski definition) is 1. The number of nitrogens with zero attached hydrogens (tertiary/aromatic N) is 3. The molecule has 1 aromatic carbocycles. The lowest BCUT2D eigenvalue weighted by Gasteiger charge is -2.12. The summed E-state index contributed by atoms with van der Waals surface area (Å²) in [6.45, 7) is 4.43. The minimum absolute atomic E-state index is 0.211. The van der Waals surface area contributed by atoms with Gasteiger partial charge in [-0.15, -0.1) is 10.2 Å². The molecular formula is C12H15BrN4O2S. The monoisotopic (exact) mass is 358 g/mol. The lowest BCUT2D eigenvalue weighted by Crippen LogP contribution is -2.20. The van der Waals surface area contributed by atoms with Gasteiger partial charge in [0, 0.05) is 16.6 Å². The SMILES string of the molecule is CC(C)Cn1c(-c2ccccc2Br)nnc1S(N)(=O)=O. The lowest BCUT2D eigenvalue weighted by atomic mass is 10.2. The number of halogens is 1. The van der Waals surface area contributed by atoms with E-state index in [0.717, 1.165) is 10.0 Å². The van der Waals surface area contributed by atoms with E-state index < -0.39 is 10.0 Å². The molecule has 108 valence electrons. The minimum Gasteiger partial charge on any atom is -0.296 e. The van der Waals surface area contributed by atoms with Crippen molar-refractivity contribution in [3.8, 4) is 11.4 Å². The van der Waals surface area contributed by atoms with Crippen LogP contribution in [0.3, 0.4) is 0 Å². The van der Waals surface area contributed by atoms with Gasteiger partial charge in [-0.1, -0.05) is 48.0 Å². The zero-order valence-electron chi connectivity index (χ0n) is 11.1. The van der Waals surface area contributed by atoms with Crippen LogP contribution in [0.4, 0.5) is 0 Å². The van der Waals surface area contributed by atoms with Crippen molar-refractivity contribution in [3.63, 3.8) is 0 Å². The van der Waals surface area contributed by atoms with Crippen LogP contribution in [0.15, 0.2) is 33.9 Å². The average Bonchev–Trinajstić information content (AvgIpc) is 2.72. The highest BCUT2D eigenvalue weighted by molar-refractivity contribution is 9.10. The Balaban J connectivity index is 2.66. The van der Waals surface area contributed by atoms with Crippen molar-refractivity contribution in [1.29, 1.82) is 0 Å². The van der Waals surface area contributed by atoms with Crippen LogP contribution in [0.5, 0.6) is 0 Å². The van der Waals surface area contributed by atoms with Crippen LogP contribution in [0, 0.1) is 5.92 Å². The first kappa shape index (κ1) is 15.1. The molecule has 8 heteroatoms. The van der Waals surface area contributed by atoms with Crippen molar-refractivity contribution in [1.82, 2.24) is 14.8 Å². The molecule has 0 saturated heterocycles. The van der Waals surface area contributed by atoms with Gasteiger partial charge in [0.15, 0.2) is 5.82 Å². The fourth-order valence-electron chi connectivity index (χ4n) is 1.87. The van der Waals surface area contributed by atoms with Crippen molar-refractivity contribution in [2.45, 2.75) is 25.5 Å². The topological polar surface area (TPSA) is 90.9 Å². The summed E-state index contributed by atoms with van der Waals surface area (Å²) in [7, 11) is -3.91. The van der Waals surface area contributed by atoms with Crippen molar-refractivity contribution in [2.75, 3.05) is 0 Å². The van der Waals surface area contributed by atoms with Gasteiger partial charge < -0.3 is 0 Å². The second kappa shape index (κ2) is 5.63. The average molecular weight is 359 g/mol. The number of benzene rings is 1. The summed E-state index contributed by atoms with van der Waals surface area (Å²) in [6.07, 6.45) is 0. The van der Waals surface area contributed by atoms with Crippen LogP contribution in [-0.4, -0.2) is 23.2 Å². The molecule has 0 saturated carbocycles. The van der Waals surface area contributed by atoms with E-state index >= 15 is 0 Å². The predicted octanol–water partition coefficient (Wildman–Crippen LogP) is 2.01. The van der Waals surface area contributed by atoms with Crippen LogP contribution in [0.2, 0.25) is 0 Å². The Hall–Kier alpha value is -1.25. The molecule has 2 aromatic rings. The minimum atomic E-state index is -3.91. The molecule has 0 spiro atoms. The van der Waals surface area contributed by atoms with E-state index in [1.54, 1.807) is 4.57 Å². The maximum Gasteiger partial charge on any atom is 0.273 e. The highest BCUT2D eigenvalue weighted by atomic mass is 79.9. The van der Waals surface area contributed by atoms with Gasteiger partial charge in [0.1, 0.15) is 0 Å². The second-order valence-electron chi connectivity index (χ2n) is 4.84. The number of rotatable bonds is 4. The third kappa shape index (κ3) is 3.08. The highest BCUT2D eigenvalue weighted by Crippen LogP contribution is 2.28. The van der Waals surface area contributed by atoms with Crippen LogP contribution < -0.4 is 5.14 Å². The van der Waals surface area contributed by atoms with E-state index in [0.29, 0.717) is 12.4 Å². The first-order chi connectivity index (χ1) is 9.30. The van der Waals surface area contributed by atoms with E-state index in [1.165, 1.54) is 0 Å². The fourth-order valence-corrected chi connectivity index (χ4v) is 2.96. The number of aromatic nitrogens is 3. The van der Waals surface area contributed by atoms with Crippen molar-refractivity contribution >= 4 is 26.0 Å². The number of hydrogen-bond acceptors (Lipinski definition) is 4. The molecule has 1 heterocycles. The van der Waals surface area contributed by atoms with Crippen molar-refractivity contribution in [3.05, 3.63) is 28.7 Å². The Bertz CT molecular complexity index is 725. The van der Waals surface area contributed by atoms with Crippen LogP contribution in [0.25, 0.3) is 11.4 Å². The molecule has 0 bridgehead atoms. The molecular weight excluding hydrogens is 344 g/mol. The molecule has 2 rings (SSSR count). The fraction of sp³-hybridized carbons (Fsp3) is 0.333. The van der Waals surface area contributed by atoms with Crippen molar-refractivity contribution in [2.24, 2.45) is 11.1 Å². The Labute approximate surface area is 126 Å². The van der Waals surface area contributed by atoms with Gasteiger partial charge in [-0.2, -0.15) is 0 Å². The first-order valence-corrected chi connectivity index (χ1v) is 8.35. The standard InChI is InChI=1S/C12H15BrN4O2S/c1-8(2)7-17-11(9-5-3-4-6-10(9)13)15-16-12(17)20(14,18)19/h3-6,8H,7H2,1-2H3,(H2,14,18,19). The summed E-state index contributed by atoms with van der Waals surface area (Å²) in [4.78, 5) is 0. The zero-order chi connectivity index (χ0) is 14.9. The Morgan fingerprint density at radius 1 is 1.30 bits per heavy atom. The summed E-state index contributed by atoms with van der Waals surface area (Å²) in [5.74, 6) is 0.711. The summed E-state index contributed by atoms with van der Waals surface area (Å²) in [5, 5.41) is 12.7. The molecule has 1 aromatic heterocycles. The van der Waals surface area contributed by atoms with Gasteiger partial charge in [0.05, 0.1) is 0 Å². The molecule has 0 unspecified atom stereocenters. The quantitative estimate of drug-likeness (QED) is 0.904. The smallest absolute Gasteiger partial charge is 0.273 e. The molecule has 0 fully saturated rings. The maximum atomic E-state index is 11.6. The van der Waals surface area contributed by atoms with E-state index in [-0.39, 0.29) is 11.1 Å². The number of nitrogens with two attached hydrogens (primary N) is 1. The summed E-state index contributed by atoms with van der Waals surface area (Å²) in [6, 6.07) is 7.43. The molecule has 0 aliphatic carbocycles. The first-order valence-electron chi connectivity index (χ1n) is 6.01. The third-order valence-corrected chi connectivity index (χ3v) is 4.14. The Morgan fingerprint density at radius 3 is 2.50 bits per heavy atom. The van der Waals surface area contributed by atoms with Crippen LogP contribution in [-0.2, 0) is 16.6 Å². The van der Waals surface area contributed by atoms with Gasteiger partial charge >= 0.3 is 0 Å². The van der Waals surface area contributed by atoms with Gasteiger partial charge in [-0.25, -0.2) is 13.6 Å². The number of sulfonamides is 1. The third-order valence-electron chi connectivity index (χ3n) is 2.63. The van der Waals surface area contributed by atoms with E-state index in [2.05, 4.69) is 26.1 Å². The van der Waals surface area contributed by atoms with Gasteiger partial charge in [0.2, 0.25) is 0 Å². The molecule has 0 radical (unpaired) electrons. The Kier molecular flexibility index (Phi) is 4.26. The molecule has 0 atom stereocenters. The highest BCUT2D eigenvalue weighted by Gasteiger charge is 2.23. The normalized spacial score (nSPS) is 12.1. The number of primary sulfonamides is 1. The molecule has 6 nitrogen and oxygen atoms in total. The molecule has 20 heavy (non-hydrogen) atoms. The second-order valence-corrected chi connectivity index (χ2v) is 7.14. The van der Waals surface area contributed by atoms with E-state index in [1.807, 2.05) is 38.1 Å². The summed E-state index contributed by atoms with van der Waals surface area (Å²) < 4.78 is 25.6. The van der Waals surface area contributed by atoms with Gasteiger partial charge in [-0.05, 0) is 12.0 Å². The Morgan fingerprint density at radius 2 is 1.95 bits per heavy atom. The van der Waals surface area contributed by atoms with Crippen molar-refractivity contribution < 1.29 is 8.42 Å². The predicted molar refractivity (Wildman–Crippen MR) is 79.4 cm³/mol. The molecule has 0 aliphatic rings. The van der Waals surface area contributed by atoms with Gasteiger partial charge in [0.25, 0.3) is 15.2 Å².